The second-order valence-corrected chi connectivity index (χ2v) is 7.08. The van der Waals surface area contributed by atoms with E-state index >= 15 is 0 Å². The van der Waals surface area contributed by atoms with Crippen LogP contribution in [0.25, 0.3) is 0 Å². The molecule has 0 spiro atoms. The van der Waals surface area contributed by atoms with Crippen molar-refractivity contribution < 1.29 is 0 Å². The van der Waals surface area contributed by atoms with E-state index in [0.29, 0.717) is 5.41 Å². The quantitative estimate of drug-likeness (QED) is 0.474. The third-order valence-electron chi connectivity index (χ3n) is 4.90. The Morgan fingerprint density at radius 3 is 2.32 bits per heavy atom. The average Bonchev–Trinajstić information content (AvgIpc) is 2.77. The number of hydrogen-bond donors (Lipinski definition) is 1. The molecule has 1 fully saturated rings. The van der Waals surface area contributed by atoms with Crippen LogP contribution in [-0.4, -0.2) is 12.6 Å². The fourth-order valence-electron chi connectivity index (χ4n) is 3.58. The molecule has 1 saturated carbocycles. The van der Waals surface area contributed by atoms with Crippen molar-refractivity contribution in [1.82, 2.24) is 5.32 Å². The van der Waals surface area contributed by atoms with Crippen molar-refractivity contribution >= 4 is 0 Å². The van der Waals surface area contributed by atoms with Crippen LogP contribution >= 0.6 is 0 Å². The highest BCUT2D eigenvalue weighted by Gasteiger charge is 2.33. The molecule has 1 N–H and O–H groups in total. The van der Waals surface area contributed by atoms with Gasteiger partial charge < -0.3 is 5.32 Å². The zero-order valence-corrected chi connectivity index (χ0v) is 13.8. The predicted octanol–water partition coefficient (Wildman–Crippen LogP) is 5.69. The van der Waals surface area contributed by atoms with Gasteiger partial charge in [-0.25, -0.2) is 0 Å². The van der Waals surface area contributed by atoms with Crippen molar-refractivity contribution in [1.29, 1.82) is 0 Å². The summed E-state index contributed by atoms with van der Waals surface area (Å²) in [6.45, 7) is 8.29. The zero-order chi connectivity index (χ0) is 14.0. The topological polar surface area (TPSA) is 12.0 Å². The van der Waals surface area contributed by atoms with E-state index in [1.807, 2.05) is 0 Å². The Kier molecular flexibility index (Phi) is 8.77. The second-order valence-electron chi connectivity index (χ2n) is 7.08. The standard InChI is InChI=1S/C18H37N/c1-4-6-7-8-9-10-11-13-18(3)14-12-17(16-18)19-15-5-2/h17,19H,4-16H2,1-3H3. The maximum atomic E-state index is 3.71. The van der Waals surface area contributed by atoms with Crippen molar-refractivity contribution in [3.63, 3.8) is 0 Å². The average molecular weight is 268 g/mol. The summed E-state index contributed by atoms with van der Waals surface area (Å²) in [6.07, 6.45) is 17.1. The Labute approximate surface area is 121 Å². The van der Waals surface area contributed by atoms with Crippen molar-refractivity contribution in [2.24, 2.45) is 5.41 Å². The number of hydrogen-bond acceptors (Lipinski definition) is 1. The van der Waals surface area contributed by atoms with E-state index in [4.69, 9.17) is 0 Å². The van der Waals surface area contributed by atoms with Crippen LogP contribution < -0.4 is 5.32 Å². The summed E-state index contributed by atoms with van der Waals surface area (Å²) < 4.78 is 0. The maximum Gasteiger partial charge on any atom is 0.00724 e. The smallest absolute Gasteiger partial charge is 0.00724 e. The molecule has 0 aromatic carbocycles. The Balaban J connectivity index is 2.02. The molecule has 0 amide bonds. The molecule has 2 atom stereocenters. The molecule has 19 heavy (non-hydrogen) atoms. The van der Waals surface area contributed by atoms with Crippen molar-refractivity contribution in [3.05, 3.63) is 0 Å². The molecule has 1 aliphatic carbocycles. The van der Waals surface area contributed by atoms with E-state index < -0.39 is 0 Å². The summed E-state index contributed by atoms with van der Waals surface area (Å²) in [5.41, 5.74) is 0.648. The van der Waals surface area contributed by atoms with E-state index in [1.54, 1.807) is 0 Å². The predicted molar refractivity (Wildman–Crippen MR) is 86.6 cm³/mol. The minimum atomic E-state index is 0.648. The monoisotopic (exact) mass is 267 g/mol. The molecule has 0 aromatic rings. The first kappa shape index (κ1) is 17.0. The summed E-state index contributed by atoms with van der Waals surface area (Å²) >= 11 is 0. The third kappa shape index (κ3) is 7.34. The molecule has 2 unspecified atom stereocenters. The van der Waals surface area contributed by atoms with Gasteiger partial charge in [-0.2, -0.15) is 0 Å². The van der Waals surface area contributed by atoms with Crippen LogP contribution in [0.4, 0.5) is 0 Å². The maximum absolute atomic E-state index is 3.71. The zero-order valence-electron chi connectivity index (χ0n) is 13.8. The molecule has 1 nitrogen and oxygen atoms in total. The van der Waals surface area contributed by atoms with E-state index in [2.05, 4.69) is 26.1 Å². The number of rotatable bonds is 11. The van der Waals surface area contributed by atoms with Crippen LogP contribution in [0.1, 0.15) is 97.8 Å². The Bertz CT molecular complexity index is 214. The first-order chi connectivity index (χ1) is 9.20. The van der Waals surface area contributed by atoms with Crippen LogP contribution in [0, 0.1) is 5.41 Å². The van der Waals surface area contributed by atoms with Gasteiger partial charge in [-0.15, -0.1) is 0 Å². The Morgan fingerprint density at radius 2 is 1.63 bits per heavy atom. The molecular weight excluding hydrogens is 230 g/mol. The molecular formula is C18H37N. The van der Waals surface area contributed by atoms with Crippen LogP contribution in [0.5, 0.6) is 0 Å². The van der Waals surface area contributed by atoms with Gasteiger partial charge in [-0.05, 0) is 44.1 Å². The summed E-state index contributed by atoms with van der Waals surface area (Å²) in [6, 6.07) is 0.814. The highest BCUT2D eigenvalue weighted by molar-refractivity contribution is 4.89. The molecule has 0 saturated heterocycles. The lowest BCUT2D eigenvalue weighted by Crippen LogP contribution is -2.28. The largest absolute Gasteiger partial charge is 0.314 e. The third-order valence-corrected chi connectivity index (χ3v) is 4.90. The summed E-state index contributed by atoms with van der Waals surface area (Å²) in [4.78, 5) is 0. The van der Waals surface area contributed by atoms with Gasteiger partial charge in [0.1, 0.15) is 0 Å². The lowest BCUT2D eigenvalue weighted by Gasteiger charge is -2.24. The normalized spacial score (nSPS) is 27.0. The van der Waals surface area contributed by atoms with Crippen LogP contribution in [-0.2, 0) is 0 Å². The molecule has 0 aliphatic heterocycles. The molecule has 0 aromatic heterocycles. The minimum Gasteiger partial charge on any atom is -0.314 e. The first-order valence-electron chi connectivity index (χ1n) is 8.93. The van der Waals surface area contributed by atoms with Crippen molar-refractivity contribution in [2.75, 3.05) is 6.54 Å². The summed E-state index contributed by atoms with van der Waals surface area (Å²) in [5.74, 6) is 0. The molecule has 1 heteroatoms. The van der Waals surface area contributed by atoms with Gasteiger partial charge in [0.25, 0.3) is 0 Å². The summed E-state index contributed by atoms with van der Waals surface area (Å²) in [7, 11) is 0. The van der Waals surface area contributed by atoms with Crippen molar-refractivity contribution in [3.8, 4) is 0 Å². The van der Waals surface area contributed by atoms with Gasteiger partial charge >= 0.3 is 0 Å². The van der Waals surface area contributed by atoms with Gasteiger partial charge in [-0.3, -0.25) is 0 Å². The van der Waals surface area contributed by atoms with Crippen LogP contribution in [0.3, 0.4) is 0 Å². The minimum absolute atomic E-state index is 0.648. The first-order valence-corrected chi connectivity index (χ1v) is 8.93. The van der Waals surface area contributed by atoms with E-state index in [-0.39, 0.29) is 0 Å². The SMILES string of the molecule is CCCCCCCCCC1(C)CCC(NCCC)C1. The summed E-state index contributed by atoms with van der Waals surface area (Å²) in [5, 5.41) is 3.71. The molecule has 114 valence electrons. The highest BCUT2D eigenvalue weighted by atomic mass is 14.9. The van der Waals surface area contributed by atoms with Crippen molar-refractivity contribution in [2.45, 2.75) is 104 Å². The van der Waals surface area contributed by atoms with Gasteiger partial charge in [0.15, 0.2) is 0 Å². The van der Waals surface area contributed by atoms with Crippen LogP contribution in [0.2, 0.25) is 0 Å². The Morgan fingerprint density at radius 1 is 0.947 bits per heavy atom. The van der Waals surface area contributed by atoms with E-state index in [9.17, 15) is 0 Å². The lowest BCUT2D eigenvalue weighted by atomic mass is 9.83. The number of nitrogens with one attached hydrogen (secondary N) is 1. The lowest BCUT2D eigenvalue weighted by molar-refractivity contribution is 0.285. The second kappa shape index (κ2) is 9.80. The molecule has 1 aliphatic rings. The Hall–Kier alpha value is -0.0400. The highest BCUT2D eigenvalue weighted by Crippen LogP contribution is 2.42. The fraction of sp³-hybridized carbons (Fsp3) is 1.00. The fourth-order valence-corrected chi connectivity index (χ4v) is 3.58. The molecule has 0 bridgehead atoms. The molecule has 0 heterocycles. The van der Waals surface area contributed by atoms with Gasteiger partial charge in [0.05, 0.1) is 0 Å². The van der Waals surface area contributed by atoms with Crippen LogP contribution in [0.15, 0.2) is 0 Å². The molecule has 1 rings (SSSR count). The van der Waals surface area contributed by atoms with Gasteiger partial charge in [0, 0.05) is 6.04 Å². The number of unbranched alkanes of at least 4 members (excludes halogenated alkanes) is 6. The van der Waals surface area contributed by atoms with Gasteiger partial charge in [0.2, 0.25) is 0 Å². The van der Waals surface area contributed by atoms with E-state index in [0.717, 1.165) is 6.04 Å². The van der Waals surface area contributed by atoms with Gasteiger partial charge in [-0.1, -0.05) is 65.7 Å². The molecule has 0 radical (unpaired) electrons. The van der Waals surface area contributed by atoms with E-state index in [1.165, 1.54) is 83.6 Å².